The zero-order valence-electron chi connectivity index (χ0n) is 11.3. The van der Waals surface area contributed by atoms with Crippen LogP contribution in [0.3, 0.4) is 0 Å². The van der Waals surface area contributed by atoms with Gasteiger partial charge in [0.25, 0.3) is 0 Å². The van der Waals surface area contributed by atoms with Gasteiger partial charge in [0.05, 0.1) is 5.54 Å². The molecule has 0 aromatic heterocycles. The number of isocyanates is 1. The highest BCUT2D eigenvalue weighted by molar-refractivity contribution is 5.57. The van der Waals surface area contributed by atoms with Crippen LogP contribution >= 0.6 is 0 Å². The predicted molar refractivity (Wildman–Crippen MR) is 70.6 cm³/mol. The number of fused-ring (bicyclic) bond motifs is 1. The summed E-state index contributed by atoms with van der Waals surface area (Å²) < 4.78 is 11.4. The third-order valence-corrected chi connectivity index (χ3v) is 4.34. The molecule has 2 aliphatic rings. The van der Waals surface area contributed by atoms with Gasteiger partial charge in [-0.25, -0.2) is 4.79 Å². The first-order valence-corrected chi connectivity index (χ1v) is 6.67. The van der Waals surface area contributed by atoms with Crippen LogP contribution in [0.1, 0.15) is 36.0 Å². The Labute approximate surface area is 112 Å². The third-order valence-electron chi connectivity index (χ3n) is 4.34. The molecule has 0 N–H and O–H groups in total. The second-order valence-electron chi connectivity index (χ2n) is 5.29. The maximum atomic E-state index is 10.7. The van der Waals surface area contributed by atoms with Gasteiger partial charge < -0.3 is 9.47 Å². The van der Waals surface area contributed by atoms with E-state index in [0.717, 1.165) is 47.5 Å². The van der Waals surface area contributed by atoms with Crippen molar-refractivity contribution in [3.63, 3.8) is 0 Å². The first-order valence-electron chi connectivity index (χ1n) is 6.67. The largest absolute Gasteiger partial charge is 0.486 e. The maximum absolute atomic E-state index is 10.7. The SMILES string of the molecule is Cc1c(C2(N=C=O)CCC2)cc2c(c1C)OCCO2. The molecular formula is C15H17NO3. The molecule has 4 heteroatoms. The van der Waals surface area contributed by atoms with Crippen LogP contribution in [-0.4, -0.2) is 19.3 Å². The predicted octanol–water partition coefficient (Wildman–Crippen LogP) is 2.79. The molecule has 0 unspecified atom stereocenters. The van der Waals surface area contributed by atoms with Crippen LogP contribution in [0.2, 0.25) is 0 Å². The van der Waals surface area contributed by atoms with Gasteiger partial charge in [-0.05, 0) is 55.9 Å². The summed E-state index contributed by atoms with van der Waals surface area (Å²) in [5.41, 5.74) is 2.93. The average Bonchev–Trinajstić information content (AvgIpc) is 2.38. The van der Waals surface area contributed by atoms with Crippen molar-refractivity contribution in [2.24, 2.45) is 4.99 Å². The summed E-state index contributed by atoms with van der Waals surface area (Å²) in [7, 11) is 0. The Morgan fingerprint density at radius 1 is 1.21 bits per heavy atom. The molecule has 1 heterocycles. The molecule has 19 heavy (non-hydrogen) atoms. The van der Waals surface area contributed by atoms with Crippen LogP contribution in [-0.2, 0) is 10.3 Å². The highest BCUT2D eigenvalue weighted by Crippen LogP contribution is 2.49. The van der Waals surface area contributed by atoms with Crippen LogP contribution in [0.15, 0.2) is 11.1 Å². The summed E-state index contributed by atoms with van der Waals surface area (Å²) in [5, 5.41) is 0. The molecule has 1 saturated carbocycles. The number of benzene rings is 1. The number of hydrogen-bond acceptors (Lipinski definition) is 4. The molecule has 3 rings (SSSR count). The number of rotatable bonds is 2. The summed E-state index contributed by atoms with van der Waals surface area (Å²) in [6, 6.07) is 2.00. The number of aliphatic imine (C=N–C) groups is 1. The Bertz CT molecular complexity index is 569. The van der Waals surface area contributed by atoms with E-state index in [1.807, 2.05) is 13.0 Å². The van der Waals surface area contributed by atoms with Gasteiger partial charge in [0.15, 0.2) is 11.5 Å². The van der Waals surface area contributed by atoms with E-state index in [4.69, 9.17) is 9.47 Å². The molecule has 0 saturated heterocycles. The van der Waals surface area contributed by atoms with Crippen molar-refractivity contribution in [3.8, 4) is 11.5 Å². The van der Waals surface area contributed by atoms with Gasteiger partial charge in [-0.15, -0.1) is 0 Å². The van der Waals surface area contributed by atoms with Crippen molar-refractivity contribution < 1.29 is 14.3 Å². The zero-order chi connectivity index (χ0) is 13.5. The minimum absolute atomic E-state index is 0.383. The minimum Gasteiger partial charge on any atom is -0.486 e. The summed E-state index contributed by atoms with van der Waals surface area (Å²) in [6.45, 7) is 5.25. The first-order chi connectivity index (χ1) is 9.18. The second-order valence-corrected chi connectivity index (χ2v) is 5.29. The number of carbonyl (C=O) groups excluding carboxylic acids is 1. The molecular weight excluding hydrogens is 242 g/mol. The fraction of sp³-hybridized carbons (Fsp3) is 0.533. The molecule has 1 aromatic rings. The molecule has 0 spiro atoms. The first kappa shape index (κ1) is 12.2. The molecule has 0 atom stereocenters. The molecule has 1 aliphatic heterocycles. The lowest BCUT2D eigenvalue weighted by Crippen LogP contribution is -2.33. The molecule has 1 aliphatic carbocycles. The van der Waals surface area contributed by atoms with Crippen molar-refractivity contribution in [2.45, 2.75) is 38.6 Å². The standard InChI is InChI=1S/C15H17NO3/c1-10-11(2)14-13(18-6-7-19-14)8-12(10)15(16-9-17)4-3-5-15/h8H,3-7H2,1-2H3. The Morgan fingerprint density at radius 2 is 1.95 bits per heavy atom. The van der Waals surface area contributed by atoms with Crippen molar-refractivity contribution in [3.05, 3.63) is 22.8 Å². The van der Waals surface area contributed by atoms with Gasteiger partial charge >= 0.3 is 0 Å². The molecule has 0 amide bonds. The lowest BCUT2D eigenvalue weighted by Gasteiger charge is -2.39. The van der Waals surface area contributed by atoms with Gasteiger partial charge in [-0.2, -0.15) is 4.99 Å². The smallest absolute Gasteiger partial charge is 0.235 e. The Hall–Kier alpha value is -1.80. The molecule has 1 aromatic carbocycles. The Kier molecular flexibility index (Phi) is 2.83. The Morgan fingerprint density at radius 3 is 2.58 bits per heavy atom. The van der Waals surface area contributed by atoms with E-state index in [2.05, 4.69) is 11.9 Å². The van der Waals surface area contributed by atoms with E-state index in [-0.39, 0.29) is 5.54 Å². The Balaban J connectivity index is 2.16. The van der Waals surface area contributed by atoms with Gasteiger partial charge in [0, 0.05) is 0 Å². The number of nitrogens with zero attached hydrogens (tertiary/aromatic N) is 1. The van der Waals surface area contributed by atoms with Crippen LogP contribution in [0.4, 0.5) is 0 Å². The summed E-state index contributed by atoms with van der Waals surface area (Å²) in [6.07, 6.45) is 4.64. The maximum Gasteiger partial charge on any atom is 0.235 e. The van der Waals surface area contributed by atoms with Gasteiger partial charge in [-0.3, -0.25) is 0 Å². The van der Waals surface area contributed by atoms with E-state index in [0.29, 0.717) is 13.2 Å². The van der Waals surface area contributed by atoms with Crippen molar-refractivity contribution >= 4 is 6.08 Å². The molecule has 4 nitrogen and oxygen atoms in total. The zero-order valence-corrected chi connectivity index (χ0v) is 11.3. The van der Waals surface area contributed by atoms with E-state index in [1.165, 1.54) is 0 Å². The number of ether oxygens (including phenoxy) is 2. The highest BCUT2D eigenvalue weighted by Gasteiger charge is 2.41. The van der Waals surface area contributed by atoms with E-state index in [1.54, 1.807) is 6.08 Å². The van der Waals surface area contributed by atoms with Gasteiger partial charge in [0.2, 0.25) is 6.08 Å². The molecule has 0 radical (unpaired) electrons. The lowest BCUT2D eigenvalue weighted by molar-refractivity contribution is 0.168. The third kappa shape index (κ3) is 1.75. The fourth-order valence-corrected chi connectivity index (χ4v) is 2.97. The molecule has 100 valence electrons. The van der Waals surface area contributed by atoms with Crippen molar-refractivity contribution in [1.29, 1.82) is 0 Å². The van der Waals surface area contributed by atoms with E-state index < -0.39 is 0 Å². The van der Waals surface area contributed by atoms with E-state index >= 15 is 0 Å². The van der Waals surface area contributed by atoms with Crippen molar-refractivity contribution in [1.82, 2.24) is 0 Å². The number of hydrogen-bond donors (Lipinski definition) is 0. The van der Waals surface area contributed by atoms with Crippen molar-refractivity contribution in [2.75, 3.05) is 13.2 Å². The lowest BCUT2D eigenvalue weighted by atomic mass is 9.70. The average molecular weight is 259 g/mol. The summed E-state index contributed by atoms with van der Waals surface area (Å²) >= 11 is 0. The van der Waals surface area contributed by atoms with Crippen LogP contribution < -0.4 is 9.47 Å². The second kappa shape index (κ2) is 4.39. The fourth-order valence-electron chi connectivity index (χ4n) is 2.97. The summed E-state index contributed by atoms with van der Waals surface area (Å²) in [4.78, 5) is 14.8. The highest BCUT2D eigenvalue weighted by atomic mass is 16.6. The van der Waals surface area contributed by atoms with Crippen LogP contribution in [0.5, 0.6) is 11.5 Å². The normalized spacial score (nSPS) is 19.3. The topological polar surface area (TPSA) is 47.9 Å². The summed E-state index contributed by atoms with van der Waals surface area (Å²) in [5.74, 6) is 1.61. The molecule has 1 fully saturated rings. The van der Waals surface area contributed by atoms with E-state index in [9.17, 15) is 4.79 Å². The monoisotopic (exact) mass is 259 g/mol. The van der Waals surface area contributed by atoms with Gasteiger partial charge in [-0.1, -0.05) is 0 Å². The van der Waals surface area contributed by atoms with Crippen LogP contribution in [0, 0.1) is 13.8 Å². The quantitative estimate of drug-likeness (QED) is 0.606. The minimum atomic E-state index is -0.383. The van der Waals surface area contributed by atoms with Crippen LogP contribution in [0.25, 0.3) is 0 Å². The van der Waals surface area contributed by atoms with Gasteiger partial charge in [0.1, 0.15) is 13.2 Å². The molecule has 0 bridgehead atoms.